The van der Waals surface area contributed by atoms with Crippen LogP contribution in [0.15, 0.2) is 6.07 Å². The van der Waals surface area contributed by atoms with Crippen molar-refractivity contribution in [3.8, 4) is 5.75 Å². The number of hydrogen-bond donors (Lipinski definition) is 0. The van der Waals surface area contributed by atoms with Gasteiger partial charge in [-0.05, 0) is 13.3 Å². The minimum atomic E-state index is 0.100. The molecule has 5 heteroatoms. The van der Waals surface area contributed by atoms with Crippen LogP contribution in [-0.4, -0.2) is 17.9 Å². The smallest absolute Gasteiger partial charge is 0.137 e. The third-order valence-corrected chi connectivity index (χ3v) is 2.45. The summed E-state index contributed by atoms with van der Waals surface area (Å²) >= 11 is 11.6. The van der Waals surface area contributed by atoms with Crippen LogP contribution in [0, 0.1) is 0 Å². The molecule has 0 saturated carbocycles. The van der Waals surface area contributed by atoms with Gasteiger partial charge in [-0.25, -0.2) is 4.98 Å². The topological polar surface area (TPSA) is 39.2 Å². The molecule has 0 fully saturated rings. The lowest BCUT2D eigenvalue weighted by Crippen LogP contribution is -1.99. The summed E-state index contributed by atoms with van der Waals surface area (Å²) in [5.74, 6) is 0.671. The van der Waals surface area contributed by atoms with Crippen LogP contribution in [0.4, 0.5) is 0 Å². The van der Waals surface area contributed by atoms with E-state index >= 15 is 0 Å². The van der Waals surface area contributed by atoms with Gasteiger partial charge in [0.25, 0.3) is 0 Å². The SMILES string of the molecule is COc1cc(Cl)nc(Cl)c1CCC(C)=O. The fourth-order valence-corrected chi connectivity index (χ4v) is 1.71. The predicted molar refractivity (Wildman–Crippen MR) is 59.8 cm³/mol. The molecule has 15 heavy (non-hydrogen) atoms. The summed E-state index contributed by atoms with van der Waals surface area (Å²) in [4.78, 5) is 14.8. The first-order valence-electron chi connectivity index (χ1n) is 4.43. The summed E-state index contributed by atoms with van der Waals surface area (Å²) in [6.07, 6.45) is 0.931. The predicted octanol–water partition coefficient (Wildman–Crippen LogP) is 2.92. The van der Waals surface area contributed by atoms with Gasteiger partial charge in [-0.3, -0.25) is 0 Å². The fourth-order valence-electron chi connectivity index (χ4n) is 1.20. The summed E-state index contributed by atoms with van der Waals surface area (Å²) < 4.78 is 5.12. The van der Waals surface area contributed by atoms with Crippen LogP contribution in [0.3, 0.4) is 0 Å². The van der Waals surface area contributed by atoms with Gasteiger partial charge in [0, 0.05) is 18.1 Å². The van der Waals surface area contributed by atoms with E-state index in [1.165, 1.54) is 14.0 Å². The molecule has 3 nitrogen and oxygen atoms in total. The summed E-state index contributed by atoms with van der Waals surface area (Å²) in [6.45, 7) is 1.53. The number of ketones is 1. The van der Waals surface area contributed by atoms with Crippen LogP contribution in [0.5, 0.6) is 5.75 Å². The van der Waals surface area contributed by atoms with Crippen LogP contribution in [0.25, 0.3) is 0 Å². The number of halogens is 2. The van der Waals surface area contributed by atoms with Gasteiger partial charge in [0.05, 0.1) is 7.11 Å². The number of nitrogens with zero attached hydrogens (tertiary/aromatic N) is 1. The standard InChI is InChI=1S/C10H11Cl2NO2/c1-6(14)3-4-7-8(15-2)5-9(11)13-10(7)12/h5H,3-4H2,1-2H3. The molecule has 1 heterocycles. The molecule has 1 aromatic rings. The number of aromatic nitrogens is 1. The molecule has 0 unspecified atom stereocenters. The molecule has 1 rings (SSSR count). The lowest BCUT2D eigenvalue weighted by molar-refractivity contribution is -0.116. The van der Waals surface area contributed by atoms with Crippen molar-refractivity contribution in [2.45, 2.75) is 19.8 Å². The van der Waals surface area contributed by atoms with Gasteiger partial charge in [-0.15, -0.1) is 0 Å². The molecule has 0 atom stereocenters. The minimum absolute atomic E-state index is 0.100. The van der Waals surface area contributed by atoms with Gasteiger partial charge in [0.15, 0.2) is 0 Å². The van der Waals surface area contributed by atoms with Crippen LogP contribution in [0.1, 0.15) is 18.9 Å². The van der Waals surface area contributed by atoms with Crippen molar-refractivity contribution in [1.29, 1.82) is 0 Å². The fraction of sp³-hybridized carbons (Fsp3) is 0.400. The molecule has 0 saturated heterocycles. The Bertz CT molecular complexity index is 380. The van der Waals surface area contributed by atoms with E-state index in [-0.39, 0.29) is 10.9 Å². The second-order valence-electron chi connectivity index (χ2n) is 3.12. The Morgan fingerprint density at radius 3 is 2.73 bits per heavy atom. The first-order valence-corrected chi connectivity index (χ1v) is 5.18. The monoisotopic (exact) mass is 247 g/mol. The Hall–Kier alpha value is -0.800. The molecule has 0 aromatic carbocycles. The van der Waals surface area contributed by atoms with Crippen molar-refractivity contribution in [2.75, 3.05) is 7.11 Å². The maximum atomic E-state index is 10.9. The van der Waals surface area contributed by atoms with Crippen molar-refractivity contribution in [3.05, 3.63) is 21.9 Å². The van der Waals surface area contributed by atoms with E-state index in [9.17, 15) is 4.79 Å². The van der Waals surface area contributed by atoms with Crippen molar-refractivity contribution < 1.29 is 9.53 Å². The quantitative estimate of drug-likeness (QED) is 0.769. The summed E-state index contributed by atoms with van der Waals surface area (Å²) in [6, 6.07) is 1.59. The van der Waals surface area contributed by atoms with Gasteiger partial charge < -0.3 is 9.53 Å². The molecule has 0 aliphatic carbocycles. The molecular formula is C10H11Cl2NO2. The molecule has 0 spiro atoms. The number of carbonyl (C=O) groups is 1. The summed E-state index contributed by atoms with van der Waals surface area (Å²) in [5, 5.41) is 0.573. The number of methoxy groups -OCH3 is 1. The first-order chi connectivity index (χ1) is 7.04. The van der Waals surface area contributed by atoms with Crippen molar-refractivity contribution in [1.82, 2.24) is 4.98 Å². The average molecular weight is 248 g/mol. The van der Waals surface area contributed by atoms with Gasteiger partial charge >= 0.3 is 0 Å². The molecule has 1 aromatic heterocycles. The Kier molecular flexibility index (Phi) is 4.36. The highest BCUT2D eigenvalue weighted by atomic mass is 35.5. The number of rotatable bonds is 4. The highest BCUT2D eigenvalue weighted by Gasteiger charge is 2.11. The van der Waals surface area contributed by atoms with Crippen LogP contribution in [0.2, 0.25) is 10.3 Å². The molecule has 0 amide bonds. The molecule has 0 aliphatic rings. The number of hydrogen-bond acceptors (Lipinski definition) is 3. The van der Waals surface area contributed by atoms with E-state index in [4.69, 9.17) is 27.9 Å². The zero-order chi connectivity index (χ0) is 11.4. The van der Waals surface area contributed by atoms with Crippen LogP contribution >= 0.6 is 23.2 Å². The van der Waals surface area contributed by atoms with E-state index in [1.54, 1.807) is 6.07 Å². The Labute approximate surface area is 98.4 Å². The van der Waals surface area contributed by atoms with Gasteiger partial charge in [-0.2, -0.15) is 0 Å². The van der Waals surface area contributed by atoms with Crippen molar-refractivity contribution in [2.24, 2.45) is 0 Å². The average Bonchev–Trinajstić information content (AvgIpc) is 2.14. The maximum absolute atomic E-state index is 10.9. The van der Waals surface area contributed by atoms with E-state index in [0.717, 1.165) is 5.56 Å². The normalized spacial score (nSPS) is 10.1. The van der Waals surface area contributed by atoms with Crippen molar-refractivity contribution >= 4 is 29.0 Å². The zero-order valence-electron chi connectivity index (χ0n) is 8.51. The van der Waals surface area contributed by atoms with Crippen molar-refractivity contribution in [3.63, 3.8) is 0 Å². The van der Waals surface area contributed by atoms with E-state index < -0.39 is 0 Å². The summed E-state index contributed by atoms with van der Waals surface area (Å²) in [7, 11) is 1.53. The molecule has 0 bridgehead atoms. The van der Waals surface area contributed by atoms with E-state index in [0.29, 0.717) is 23.7 Å². The Balaban J connectivity index is 2.98. The third kappa shape index (κ3) is 3.36. The number of pyridine rings is 1. The van der Waals surface area contributed by atoms with Crippen LogP contribution in [-0.2, 0) is 11.2 Å². The largest absolute Gasteiger partial charge is 0.496 e. The third-order valence-electron chi connectivity index (χ3n) is 1.95. The van der Waals surface area contributed by atoms with Crippen LogP contribution < -0.4 is 4.74 Å². The van der Waals surface area contributed by atoms with Gasteiger partial charge in [-0.1, -0.05) is 23.2 Å². The lowest BCUT2D eigenvalue weighted by atomic mass is 10.1. The maximum Gasteiger partial charge on any atom is 0.137 e. The van der Waals surface area contributed by atoms with E-state index in [1.807, 2.05) is 0 Å². The number of carbonyl (C=O) groups excluding carboxylic acids is 1. The highest BCUT2D eigenvalue weighted by molar-refractivity contribution is 6.33. The number of Topliss-reactive ketones (excluding diaryl/α,β-unsaturated/α-hetero) is 1. The molecule has 0 N–H and O–H groups in total. The summed E-state index contributed by atoms with van der Waals surface area (Å²) in [5.41, 5.74) is 0.721. The Morgan fingerprint density at radius 1 is 1.53 bits per heavy atom. The zero-order valence-corrected chi connectivity index (χ0v) is 10.0. The minimum Gasteiger partial charge on any atom is -0.496 e. The number of ether oxygens (including phenoxy) is 1. The van der Waals surface area contributed by atoms with E-state index in [2.05, 4.69) is 4.98 Å². The second kappa shape index (κ2) is 5.33. The first kappa shape index (κ1) is 12.3. The molecule has 82 valence electrons. The molecular weight excluding hydrogens is 237 g/mol. The highest BCUT2D eigenvalue weighted by Crippen LogP contribution is 2.28. The van der Waals surface area contributed by atoms with Gasteiger partial charge in [0.1, 0.15) is 21.8 Å². The molecule has 0 radical (unpaired) electrons. The lowest BCUT2D eigenvalue weighted by Gasteiger charge is -2.09. The Morgan fingerprint density at radius 2 is 2.20 bits per heavy atom. The van der Waals surface area contributed by atoms with Gasteiger partial charge in [0.2, 0.25) is 0 Å². The molecule has 0 aliphatic heterocycles. The second-order valence-corrected chi connectivity index (χ2v) is 3.86.